The zero-order valence-electron chi connectivity index (χ0n) is 23.1. The first kappa shape index (κ1) is 29.3. The van der Waals surface area contributed by atoms with Gasteiger partial charge < -0.3 is 11.1 Å². The fraction of sp³-hybridized carbons (Fsp3) is 0.200. The average Bonchev–Trinajstić information content (AvgIpc) is 3.37. The first-order valence-electron chi connectivity index (χ1n) is 13.2. The van der Waals surface area contributed by atoms with Crippen molar-refractivity contribution in [3.05, 3.63) is 83.8 Å². The molecule has 0 bridgehead atoms. The normalized spacial score (nSPS) is 12.5. The summed E-state index contributed by atoms with van der Waals surface area (Å²) in [4.78, 5) is 4.26. The molecule has 0 aliphatic rings. The van der Waals surface area contributed by atoms with Gasteiger partial charge in [0.25, 0.3) is 10.0 Å². The molecule has 0 spiro atoms. The van der Waals surface area contributed by atoms with E-state index in [4.69, 9.17) is 22.4 Å². The van der Waals surface area contributed by atoms with Crippen molar-refractivity contribution in [1.29, 1.82) is 0 Å². The van der Waals surface area contributed by atoms with Crippen LogP contribution in [0.5, 0.6) is 0 Å². The number of hydrogen-bond donors (Lipinski definition) is 3. The van der Waals surface area contributed by atoms with Crippen LogP contribution in [0.1, 0.15) is 26.8 Å². The van der Waals surface area contributed by atoms with Gasteiger partial charge in [0, 0.05) is 29.1 Å². The first-order chi connectivity index (χ1) is 20.0. The quantitative estimate of drug-likeness (QED) is 0.161. The number of nitrogens with one attached hydrogen (secondary N) is 2. The number of anilines is 3. The fourth-order valence-corrected chi connectivity index (χ4v) is 6.25. The van der Waals surface area contributed by atoms with E-state index in [1.54, 1.807) is 29.9 Å². The second-order valence-electron chi connectivity index (χ2n) is 10.2. The van der Waals surface area contributed by atoms with Gasteiger partial charge in [-0.1, -0.05) is 41.9 Å². The van der Waals surface area contributed by atoms with Gasteiger partial charge in [-0.2, -0.15) is 5.10 Å². The van der Waals surface area contributed by atoms with Crippen LogP contribution in [0.3, 0.4) is 0 Å². The third kappa shape index (κ3) is 5.62. The van der Waals surface area contributed by atoms with Crippen molar-refractivity contribution in [3.63, 3.8) is 0 Å². The van der Waals surface area contributed by atoms with E-state index in [2.05, 4.69) is 15.0 Å². The monoisotopic (exact) mass is 610 g/mol. The molecule has 0 aliphatic heterocycles. The third-order valence-electron chi connectivity index (χ3n) is 6.70. The number of fused-ring (bicyclic) bond motifs is 1. The number of sulfonamides is 1. The van der Waals surface area contributed by atoms with Crippen molar-refractivity contribution < 1.29 is 17.2 Å². The van der Waals surface area contributed by atoms with Gasteiger partial charge in [0.2, 0.25) is 0 Å². The lowest BCUT2D eigenvalue weighted by molar-refractivity contribution is 0.460. The van der Waals surface area contributed by atoms with E-state index < -0.39 is 22.5 Å². The van der Waals surface area contributed by atoms with Crippen LogP contribution in [0.15, 0.2) is 77.8 Å². The van der Waals surface area contributed by atoms with Crippen molar-refractivity contribution in [1.82, 2.24) is 14.8 Å². The topological polar surface area (TPSA) is 115 Å². The average molecular weight is 611 g/mol. The van der Waals surface area contributed by atoms with Crippen LogP contribution in [0.25, 0.3) is 33.3 Å². The highest BCUT2D eigenvalue weighted by atomic mass is 35.5. The summed E-state index contributed by atoms with van der Waals surface area (Å²) < 4.78 is 58.1. The predicted octanol–water partition coefficient (Wildman–Crippen LogP) is 7.29. The molecular formula is C30H29ClF2N6O2S. The van der Waals surface area contributed by atoms with Crippen LogP contribution in [0.4, 0.5) is 26.0 Å². The molecule has 42 heavy (non-hydrogen) atoms. The highest BCUT2D eigenvalue weighted by Gasteiger charge is 2.24. The zero-order valence-corrected chi connectivity index (χ0v) is 24.6. The summed E-state index contributed by atoms with van der Waals surface area (Å²) in [7, 11) is -4.14. The summed E-state index contributed by atoms with van der Waals surface area (Å²) in [6.07, 6.45) is 1.67. The second-order valence-corrected chi connectivity index (χ2v) is 12.2. The molecular weight excluding hydrogens is 582 g/mol. The Kier molecular flexibility index (Phi) is 8.07. The Bertz CT molecular complexity index is 1880. The molecule has 0 aliphatic carbocycles. The largest absolute Gasteiger partial charge is 0.383 e. The Labute approximate surface area is 247 Å². The van der Waals surface area contributed by atoms with Gasteiger partial charge in [-0.3, -0.25) is 9.40 Å². The lowest BCUT2D eigenvalue weighted by Gasteiger charge is -2.14. The Balaban J connectivity index is 1.57. The van der Waals surface area contributed by atoms with Crippen molar-refractivity contribution in [2.24, 2.45) is 0 Å². The number of alkyl halides is 1. The van der Waals surface area contributed by atoms with E-state index in [9.17, 15) is 12.8 Å². The zero-order chi connectivity index (χ0) is 30.2. The summed E-state index contributed by atoms with van der Waals surface area (Å²) >= 11 is 6.05. The molecule has 5 rings (SSSR count). The first-order valence-corrected chi connectivity index (χ1v) is 15.0. The number of benzene rings is 3. The number of nitrogens with zero attached hydrogens (tertiary/aromatic N) is 3. The Morgan fingerprint density at radius 1 is 1.02 bits per heavy atom. The smallest absolute Gasteiger partial charge is 0.263 e. The van der Waals surface area contributed by atoms with Gasteiger partial charge in [0.05, 0.1) is 27.7 Å². The maximum Gasteiger partial charge on any atom is 0.263 e. The Morgan fingerprint density at radius 3 is 2.36 bits per heavy atom. The van der Waals surface area contributed by atoms with Crippen molar-refractivity contribution in [3.8, 4) is 22.4 Å². The summed E-state index contributed by atoms with van der Waals surface area (Å²) in [5.41, 5.74) is 10.0. The maximum atomic E-state index is 15.4. The minimum atomic E-state index is -4.14. The van der Waals surface area contributed by atoms with E-state index in [0.717, 1.165) is 16.8 Å². The fourth-order valence-electron chi connectivity index (χ4n) is 4.66. The molecule has 5 aromatic rings. The number of halogens is 3. The SMILES string of the molecule is CC(CF)Nc1ccc(-c2cnc(N)c3c(-c4ccc(NS(=O)(=O)c5ccccc5Cl)c(F)c4)nn(C(C)C)c23)cc1. The molecule has 0 fully saturated rings. The Morgan fingerprint density at radius 2 is 1.71 bits per heavy atom. The third-order valence-corrected chi connectivity index (χ3v) is 8.56. The molecule has 0 radical (unpaired) electrons. The summed E-state index contributed by atoms with van der Waals surface area (Å²) in [5.74, 6) is -0.585. The number of nitrogen functional groups attached to an aromatic ring is 1. The molecule has 4 N–H and O–H groups in total. The van der Waals surface area contributed by atoms with Crippen molar-refractivity contribution in [2.45, 2.75) is 37.8 Å². The lowest BCUT2D eigenvalue weighted by atomic mass is 10.0. The Hall–Kier alpha value is -4.22. The second kappa shape index (κ2) is 11.6. The van der Waals surface area contributed by atoms with Crippen LogP contribution in [-0.2, 0) is 10.0 Å². The van der Waals surface area contributed by atoms with Gasteiger partial charge in [0.15, 0.2) is 0 Å². The van der Waals surface area contributed by atoms with E-state index in [0.29, 0.717) is 22.2 Å². The lowest BCUT2D eigenvalue weighted by Crippen LogP contribution is -2.16. The van der Waals surface area contributed by atoms with E-state index in [-0.39, 0.29) is 33.5 Å². The number of rotatable bonds is 9. The molecule has 0 amide bonds. The minimum absolute atomic E-state index is 0.0201. The van der Waals surface area contributed by atoms with E-state index in [1.165, 1.54) is 30.3 Å². The molecule has 0 saturated carbocycles. The molecule has 2 heterocycles. The van der Waals surface area contributed by atoms with Crippen LogP contribution < -0.4 is 15.8 Å². The van der Waals surface area contributed by atoms with E-state index >= 15 is 4.39 Å². The van der Waals surface area contributed by atoms with Crippen LogP contribution in [0, 0.1) is 5.82 Å². The van der Waals surface area contributed by atoms with Gasteiger partial charge in [-0.05, 0) is 62.7 Å². The van der Waals surface area contributed by atoms with Gasteiger partial charge >= 0.3 is 0 Å². The molecule has 8 nitrogen and oxygen atoms in total. The molecule has 1 unspecified atom stereocenters. The molecule has 218 valence electrons. The maximum absolute atomic E-state index is 15.4. The van der Waals surface area contributed by atoms with Crippen molar-refractivity contribution in [2.75, 3.05) is 22.4 Å². The number of hydrogen-bond acceptors (Lipinski definition) is 6. The van der Waals surface area contributed by atoms with Gasteiger partial charge in [0.1, 0.15) is 28.9 Å². The summed E-state index contributed by atoms with van der Waals surface area (Å²) in [6, 6.07) is 17.1. The van der Waals surface area contributed by atoms with Crippen molar-refractivity contribution >= 4 is 49.7 Å². The highest BCUT2D eigenvalue weighted by Crippen LogP contribution is 2.39. The molecule has 3 aromatic carbocycles. The summed E-state index contributed by atoms with van der Waals surface area (Å²) in [5, 5.41) is 8.45. The predicted molar refractivity (Wildman–Crippen MR) is 164 cm³/mol. The molecule has 12 heteroatoms. The minimum Gasteiger partial charge on any atom is -0.383 e. The molecule has 2 aromatic heterocycles. The van der Waals surface area contributed by atoms with Gasteiger partial charge in [-0.25, -0.2) is 22.2 Å². The standard InChI is InChI=1S/C30H29ClF2N6O2S/c1-17(2)39-29-22(19-8-11-21(12-9-19)36-18(3)15-32)16-35-30(34)27(29)28(37-39)20-10-13-25(24(33)14-20)38-42(40,41)26-7-5-4-6-23(26)31/h4-14,16-18,36,38H,15H2,1-3H3,(H2,34,35). The molecule has 1 atom stereocenters. The van der Waals surface area contributed by atoms with Crippen LogP contribution >= 0.6 is 11.6 Å². The summed E-state index contributed by atoms with van der Waals surface area (Å²) in [6.45, 7) is 5.20. The van der Waals surface area contributed by atoms with E-state index in [1.807, 2.05) is 38.1 Å². The number of aromatic nitrogens is 3. The van der Waals surface area contributed by atoms with Crippen LogP contribution in [-0.4, -0.2) is 35.9 Å². The number of pyridine rings is 1. The van der Waals surface area contributed by atoms with Gasteiger partial charge in [-0.15, -0.1) is 0 Å². The molecule has 0 saturated heterocycles. The highest BCUT2D eigenvalue weighted by molar-refractivity contribution is 7.92. The number of nitrogens with two attached hydrogens (primary N) is 1. The van der Waals surface area contributed by atoms with Crippen LogP contribution in [0.2, 0.25) is 5.02 Å².